The van der Waals surface area contributed by atoms with Crippen LogP contribution in [0, 0.1) is 5.92 Å². The van der Waals surface area contributed by atoms with Crippen LogP contribution >= 0.6 is 0 Å². The number of rotatable bonds is 5. The van der Waals surface area contributed by atoms with E-state index in [9.17, 15) is 13.2 Å². The highest BCUT2D eigenvalue weighted by molar-refractivity contribution is 7.92. The first-order valence-corrected chi connectivity index (χ1v) is 10.3. The predicted octanol–water partition coefficient (Wildman–Crippen LogP) is 1.24. The zero-order valence-corrected chi connectivity index (χ0v) is 15.2. The van der Waals surface area contributed by atoms with Crippen molar-refractivity contribution in [1.82, 2.24) is 0 Å². The topological polar surface area (TPSA) is 76.2 Å². The Morgan fingerprint density at radius 3 is 2.56 bits per heavy atom. The molecule has 1 aromatic rings. The van der Waals surface area contributed by atoms with Crippen molar-refractivity contribution in [1.29, 1.82) is 0 Å². The Kier molecular flexibility index (Phi) is 5.61. The van der Waals surface area contributed by atoms with E-state index in [2.05, 4.69) is 0 Å². The van der Waals surface area contributed by atoms with Crippen LogP contribution in [0.3, 0.4) is 0 Å². The van der Waals surface area contributed by atoms with E-state index < -0.39 is 10.0 Å². The molecule has 2 heterocycles. The van der Waals surface area contributed by atoms with Gasteiger partial charge in [-0.2, -0.15) is 0 Å². The number of nitrogens with zero attached hydrogens (tertiary/aromatic N) is 2. The molecule has 0 spiro atoms. The van der Waals surface area contributed by atoms with Crippen molar-refractivity contribution in [2.75, 3.05) is 55.0 Å². The summed E-state index contributed by atoms with van der Waals surface area (Å²) in [6.07, 6.45) is 2.56. The van der Waals surface area contributed by atoms with Crippen molar-refractivity contribution in [2.45, 2.75) is 12.8 Å². The molecule has 8 heteroatoms. The summed E-state index contributed by atoms with van der Waals surface area (Å²) in [5.41, 5.74) is 1.30. The van der Waals surface area contributed by atoms with E-state index in [0.29, 0.717) is 45.1 Å². The lowest BCUT2D eigenvalue weighted by molar-refractivity contribution is -0.117. The molecule has 7 nitrogen and oxygen atoms in total. The molecule has 0 N–H and O–H groups in total. The summed E-state index contributed by atoms with van der Waals surface area (Å²) in [5, 5.41) is 0. The van der Waals surface area contributed by atoms with Gasteiger partial charge < -0.3 is 14.4 Å². The molecule has 1 amide bonds. The summed E-state index contributed by atoms with van der Waals surface area (Å²) in [6, 6.07) is 7.14. The third kappa shape index (κ3) is 4.50. The van der Waals surface area contributed by atoms with Gasteiger partial charge in [0.25, 0.3) is 0 Å². The lowest BCUT2D eigenvalue weighted by Crippen LogP contribution is -2.37. The number of hydrogen-bond donors (Lipinski definition) is 0. The number of anilines is 2. The molecule has 2 fully saturated rings. The highest BCUT2D eigenvalue weighted by Gasteiger charge is 2.26. The molecule has 1 aromatic carbocycles. The normalized spacial score (nSPS) is 19.9. The summed E-state index contributed by atoms with van der Waals surface area (Å²) in [6.45, 7) is 2.96. The first kappa shape index (κ1) is 18.2. The van der Waals surface area contributed by atoms with Crippen molar-refractivity contribution in [3.05, 3.63) is 24.3 Å². The fourth-order valence-electron chi connectivity index (χ4n) is 3.18. The lowest BCUT2D eigenvalue weighted by Gasteiger charge is -2.27. The Bertz CT molecular complexity index is 714. The summed E-state index contributed by atoms with van der Waals surface area (Å²) in [4.78, 5) is 13.7. The largest absolute Gasteiger partial charge is 0.379 e. The summed E-state index contributed by atoms with van der Waals surface area (Å²) in [7, 11) is -3.46. The number of amides is 1. The van der Waals surface area contributed by atoms with Crippen LogP contribution in [0.2, 0.25) is 0 Å². The van der Waals surface area contributed by atoms with Crippen molar-refractivity contribution < 1.29 is 22.7 Å². The first-order valence-electron chi connectivity index (χ1n) is 8.49. The van der Waals surface area contributed by atoms with Crippen molar-refractivity contribution in [2.24, 2.45) is 5.92 Å². The van der Waals surface area contributed by atoms with Gasteiger partial charge in [0.2, 0.25) is 15.9 Å². The van der Waals surface area contributed by atoms with Crippen LogP contribution in [-0.2, 0) is 24.3 Å². The maximum atomic E-state index is 12.4. The zero-order valence-electron chi connectivity index (χ0n) is 14.4. The average molecular weight is 368 g/mol. The Labute approximate surface area is 148 Å². The summed E-state index contributed by atoms with van der Waals surface area (Å²) in [5.74, 6) is 0.0444. The Hall–Kier alpha value is -1.64. The number of hydrogen-bond acceptors (Lipinski definition) is 5. The molecule has 2 aliphatic heterocycles. The highest BCUT2D eigenvalue weighted by atomic mass is 32.2. The van der Waals surface area contributed by atoms with Crippen molar-refractivity contribution in [3.63, 3.8) is 0 Å². The minimum atomic E-state index is -3.46. The molecular weight excluding hydrogens is 344 g/mol. The maximum Gasteiger partial charge on any atom is 0.232 e. The number of carbonyl (C=O) groups excluding carboxylic acids is 1. The van der Waals surface area contributed by atoms with Crippen LogP contribution in [0.15, 0.2) is 24.3 Å². The van der Waals surface area contributed by atoms with Crippen LogP contribution in [0.25, 0.3) is 0 Å². The number of carbonyl (C=O) groups is 1. The van der Waals surface area contributed by atoms with Gasteiger partial charge in [0.05, 0.1) is 38.4 Å². The lowest BCUT2D eigenvalue weighted by atomic mass is 10.1. The molecule has 0 radical (unpaired) electrons. The van der Waals surface area contributed by atoms with Gasteiger partial charge >= 0.3 is 0 Å². The quantitative estimate of drug-likeness (QED) is 0.782. The second-order valence-corrected chi connectivity index (χ2v) is 8.39. The van der Waals surface area contributed by atoms with Gasteiger partial charge in [-0.1, -0.05) is 6.07 Å². The van der Waals surface area contributed by atoms with Crippen LogP contribution in [0.4, 0.5) is 11.4 Å². The van der Waals surface area contributed by atoms with Gasteiger partial charge in [0, 0.05) is 31.1 Å². The minimum absolute atomic E-state index is 0.0331. The molecule has 25 heavy (non-hydrogen) atoms. The third-order valence-electron chi connectivity index (χ3n) is 4.41. The third-order valence-corrected chi connectivity index (χ3v) is 5.57. The second kappa shape index (κ2) is 7.72. The highest BCUT2D eigenvalue weighted by Crippen LogP contribution is 2.28. The molecule has 138 valence electrons. The second-order valence-electron chi connectivity index (χ2n) is 6.48. The minimum Gasteiger partial charge on any atom is -0.379 e. The van der Waals surface area contributed by atoms with E-state index in [1.54, 1.807) is 23.1 Å². The fourth-order valence-corrected chi connectivity index (χ4v) is 4.15. The standard InChI is InChI=1S/C17H24N2O5S/c1-25(21,22)19(11-14-12-23-8-9-24-13-14)16-5-2-4-15(10-16)18-7-3-6-17(18)20/h2,4-5,10,14H,3,6-9,11-13H2,1H3. The number of sulfonamides is 1. The molecular formula is C17H24N2O5S. The van der Waals surface area contributed by atoms with E-state index in [1.807, 2.05) is 6.07 Å². The predicted molar refractivity (Wildman–Crippen MR) is 95.3 cm³/mol. The summed E-state index contributed by atoms with van der Waals surface area (Å²) >= 11 is 0. The van der Waals surface area contributed by atoms with E-state index >= 15 is 0 Å². The molecule has 0 saturated carbocycles. The van der Waals surface area contributed by atoms with Gasteiger partial charge in [-0.05, 0) is 24.6 Å². The van der Waals surface area contributed by atoms with E-state index in [-0.39, 0.29) is 18.4 Å². The molecule has 2 saturated heterocycles. The van der Waals surface area contributed by atoms with Gasteiger partial charge in [0.15, 0.2) is 0 Å². The maximum absolute atomic E-state index is 12.4. The van der Waals surface area contributed by atoms with E-state index in [4.69, 9.17) is 9.47 Å². The number of ether oxygens (including phenoxy) is 2. The van der Waals surface area contributed by atoms with Crippen molar-refractivity contribution in [3.8, 4) is 0 Å². The van der Waals surface area contributed by atoms with Gasteiger partial charge in [-0.25, -0.2) is 8.42 Å². The molecule has 3 rings (SSSR count). The molecule has 0 aliphatic carbocycles. The smallest absolute Gasteiger partial charge is 0.232 e. The Morgan fingerprint density at radius 1 is 1.24 bits per heavy atom. The van der Waals surface area contributed by atoms with Crippen molar-refractivity contribution >= 4 is 27.3 Å². The Morgan fingerprint density at radius 2 is 1.96 bits per heavy atom. The Balaban J connectivity index is 1.84. The molecule has 0 bridgehead atoms. The van der Waals surface area contributed by atoms with Crippen LogP contribution in [0.1, 0.15) is 12.8 Å². The van der Waals surface area contributed by atoms with Crippen LogP contribution in [-0.4, -0.2) is 60.1 Å². The zero-order chi connectivity index (χ0) is 17.9. The monoisotopic (exact) mass is 368 g/mol. The van der Waals surface area contributed by atoms with E-state index in [1.165, 1.54) is 10.6 Å². The van der Waals surface area contributed by atoms with Crippen LogP contribution < -0.4 is 9.21 Å². The first-order chi connectivity index (χ1) is 11.9. The van der Waals surface area contributed by atoms with Gasteiger partial charge in [0.1, 0.15) is 0 Å². The molecule has 0 unspecified atom stereocenters. The SMILES string of the molecule is CS(=O)(=O)N(CC1COCCOC1)c1cccc(N2CCCC2=O)c1. The molecule has 2 aliphatic rings. The fraction of sp³-hybridized carbons (Fsp3) is 0.588. The van der Waals surface area contributed by atoms with Crippen LogP contribution in [0.5, 0.6) is 0 Å². The van der Waals surface area contributed by atoms with E-state index in [0.717, 1.165) is 12.1 Å². The number of benzene rings is 1. The average Bonchev–Trinajstić information content (AvgIpc) is 2.83. The van der Waals surface area contributed by atoms with Gasteiger partial charge in [-0.3, -0.25) is 9.10 Å². The molecule has 0 aromatic heterocycles. The molecule has 0 atom stereocenters. The van der Waals surface area contributed by atoms with Gasteiger partial charge in [-0.15, -0.1) is 0 Å². The summed E-state index contributed by atoms with van der Waals surface area (Å²) < 4.78 is 37.0.